The third-order valence-corrected chi connectivity index (χ3v) is 4.01. The zero-order valence-corrected chi connectivity index (χ0v) is 12.2. The van der Waals surface area contributed by atoms with Gasteiger partial charge in [0.05, 0.1) is 6.61 Å². The van der Waals surface area contributed by atoms with Crippen LogP contribution in [0.1, 0.15) is 35.2 Å². The fourth-order valence-electron chi connectivity index (χ4n) is 2.25. The minimum absolute atomic E-state index is 0.138. The van der Waals surface area contributed by atoms with Crippen LogP contribution in [0.25, 0.3) is 0 Å². The van der Waals surface area contributed by atoms with Gasteiger partial charge in [0.2, 0.25) is 0 Å². The van der Waals surface area contributed by atoms with E-state index in [1.165, 1.54) is 6.42 Å². The van der Waals surface area contributed by atoms with E-state index in [0.29, 0.717) is 6.61 Å². The molecule has 0 aromatic heterocycles. The average Bonchev–Trinajstić information content (AvgIpc) is 2.42. The molecule has 1 fully saturated rings. The number of likely N-dealkylation sites (tertiary alicyclic amines) is 1. The third-order valence-electron chi connectivity index (χ3n) is 3.24. The Balaban J connectivity index is 2.16. The van der Waals surface area contributed by atoms with E-state index in [1.807, 2.05) is 23.1 Å². The molecule has 1 aliphatic heterocycles. The van der Waals surface area contributed by atoms with E-state index in [-0.39, 0.29) is 5.91 Å². The van der Waals surface area contributed by atoms with Gasteiger partial charge in [-0.2, -0.15) is 0 Å². The van der Waals surface area contributed by atoms with Crippen LogP contribution in [-0.2, 0) is 11.3 Å². The molecule has 4 heteroatoms. The van der Waals surface area contributed by atoms with Crippen molar-refractivity contribution in [3.8, 4) is 0 Å². The fourth-order valence-corrected chi connectivity index (χ4v) is 2.61. The molecular weight excluding hydrogens is 294 g/mol. The first-order valence-corrected chi connectivity index (χ1v) is 7.08. The first-order chi connectivity index (χ1) is 8.72. The van der Waals surface area contributed by atoms with Gasteiger partial charge in [-0.15, -0.1) is 0 Å². The Labute approximate surface area is 116 Å². The van der Waals surface area contributed by atoms with Gasteiger partial charge in [0, 0.05) is 30.2 Å². The third kappa shape index (κ3) is 3.12. The van der Waals surface area contributed by atoms with Crippen LogP contribution in [0.3, 0.4) is 0 Å². The molecule has 18 heavy (non-hydrogen) atoms. The Morgan fingerprint density at radius 3 is 2.72 bits per heavy atom. The van der Waals surface area contributed by atoms with Crippen LogP contribution in [0.2, 0.25) is 0 Å². The fraction of sp³-hybridized carbons (Fsp3) is 0.500. The van der Waals surface area contributed by atoms with E-state index in [2.05, 4.69) is 15.9 Å². The van der Waals surface area contributed by atoms with E-state index in [9.17, 15) is 4.79 Å². The molecule has 1 heterocycles. The Hall–Kier alpha value is -0.870. The molecule has 1 saturated heterocycles. The quantitative estimate of drug-likeness (QED) is 0.857. The number of amides is 1. The SMILES string of the molecule is COCc1cc(C(=O)N2CCCCC2)ccc1Br. The molecule has 0 aliphatic carbocycles. The van der Waals surface area contributed by atoms with Gasteiger partial charge in [-0.1, -0.05) is 15.9 Å². The van der Waals surface area contributed by atoms with E-state index in [1.54, 1.807) is 7.11 Å². The first-order valence-electron chi connectivity index (χ1n) is 6.29. The molecule has 1 aliphatic rings. The van der Waals surface area contributed by atoms with Crippen molar-refractivity contribution in [3.63, 3.8) is 0 Å². The lowest BCUT2D eigenvalue weighted by atomic mass is 10.1. The summed E-state index contributed by atoms with van der Waals surface area (Å²) in [6.45, 7) is 2.28. The summed E-state index contributed by atoms with van der Waals surface area (Å²) in [6, 6.07) is 5.72. The van der Waals surface area contributed by atoms with Crippen molar-refractivity contribution in [3.05, 3.63) is 33.8 Å². The van der Waals surface area contributed by atoms with Gasteiger partial charge in [0.1, 0.15) is 0 Å². The van der Waals surface area contributed by atoms with Crippen LogP contribution < -0.4 is 0 Å². The normalized spacial score (nSPS) is 15.8. The Morgan fingerprint density at radius 1 is 1.33 bits per heavy atom. The molecular formula is C14H18BrNO2. The van der Waals surface area contributed by atoms with Crippen LogP contribution in [-0.4, -0.2) is 31.0 Å². The Morgan fingerprint density at radius 2 is 2.06 bits per heavy atom. The maximum Gasteiger partial charge on any atom is 0.253 e. The minimum Gasteiger partial charge on any atom is -0.380 e. The van der Waals surface area contributed by atoms with Crippen molar-refractivity contribution in [2.75, 3.05) is 20.2 Å². The van der Waals surface area contributed by atoms with Crippen LogP contribution in [0, 0.1) is 0 Å². The highest BCUT2D eigenvalue weighted by Crippen LogP contribution is 2.21. The molecule has 0 N–H and O–H groups in total. The molecule has 0 unspecified atom stereocenters. The van der Waals surface area contributed by atoms with Crippen molar-refractivity contribution in [1.29, 1.82) is 0 Å². The highest BCUT2D eigenvalue weighted by molar-refractivity contribution is 9.10. The van der Waals surface area contributed by atoms with E-state index >= 15 is 0 Å². The predicted molar refractivity (Wildman–Crippen MR) is 74.6 cm³/mol. The van der Waals surface area contributed by atoms with E-state index in [4.69, 9.17) is 4.74 Å². The number of carbonyl (C=O) groups is 1. The molecule has 98 valence electrons. The lowest BCUT2D eigenvalue weighted by Gasteiger charge is -2.27. The summed E-state index contributed by atoms with van der Waals surface area (Å²) in [7, 11) is 1.66. The number of benzene rings is 1. The topological polar surface area (TPSA) is 29.5 Å². The molecule has 0 bridgehead atoms. The van der Waals surface area contributed by atoms with Crippen LogP contribution in [0.5, 0.6) is 0 Å². The number of hydrogen-bond donors (Lipinski definition) is 0. The Kier molecular flexibility index (Phi) is 4.78. The number of carbonyl (C=O) groups excluding carboxylic acids is 1. The van der Waals surface area contributed by atoms with E-state index < -0.39 is 0 Å². The van der Waals surface area contributed by atoms with Crippen molar-refractivity contribution in [2.24, 2.45) is 0 Å². The van der Waals surface area contributed by atoms with Gasteiger partial charge in [0.15, 0.2) is 0 Å². The first kappa shape index (κ1) is 13.6. The number of piperidine rings is 1. The molecule has 0 spiro atoms. The summed E-state index contributed by atoms with van der Waals surface area (Å²) in [5, 5.41) is 0. The number of nitrogens with zero attached hydrogens (tertiary/aromatic N) is 1. The summed E-state index contributed by atoms with van der Waals surface area (Å²) in [5.41, 5.74) is 1.77. The lowest BCUT2D eigenvalue weighted by Crippen LogP contribution is -2.35. The molecule has 2 rings (SSSR count). The second-order valence-electron chi connectivity index (χ2n) is 4.59. The summed E-state index contributed by atoms with van der Waals surface area (Å²) in [4.78, 5) is 14.3. The monoisotopic (exact) mass is 311 g/mol. The molecule has 0 atom stereocenters. The number of halogens is 1. The van der Waals surface area contributed by atoms with Gasteiger partial charge in [-0.25, -0.2) is 0 Å². The number of methoxy groups -OCH3 is 1. The minimum atomic E-state index is 0.138. The zero-order valence-electron chi connectivity index (χ0n) is 10.6. The summed E-state index contributed by atoms with van der Waals surface area (Å²) in [6.07, 6.45) is 3.47. The molecule has 1 aromatic carbocycles. The predicted octanol–water partition coefficient (Wildman–Crippen LogP) is 3.22. The summed E-state index contributed by atoms with van der Waals surface area (Å²) < 4.78 is 6.12. The van der Waals surface area contributed by atoms with Crippen molar-refractivity contribution < 1.29 is 9.53 Å². The van der Waals surface area contributed by atoms with Gasteiger partial charge in [0.25, 0.3) is 5.91 Å². The van der Waals surface area contributed by atoms with Crippen molar-refractivity contribution in [1.82, 2.24) is 4.90 Å². The van der Waals surface area contributed by atoms with Gasteiger partial charge in [-0.3, -0.25) is 4.79 Å². The number of hydrogen-bond acceptors (Lipinski definition) is 2. The smallest absolute Gasteiger partial charge is 0.253 e. The molecule has 1 aromatic rings. The summed E-state index contributed by atoms with van der Waals surface area (Å²) in [5.74, 6) is 0.138. The zero-order chi connectivity index (χ0) is 13.0. The highest BCUT2D eigenvalue weighted by Gasteiger charge is 2.18. The van der Waals surface area contributed by atoms with Gasteiger partial charge in [-0.05, 0) is 43.0 Å². The van der Waals surface area contributed by atoms with Crippen LogP contribution in [0.4, 0.5) is 0 Å². The van der Waals surface area contributed by atoms with Crippen molar-refractivity contribution >= 4 is 21.8 Å². The van der Waals surface area contributed by atoms with Crippen molar-refractivity contribution in [2.45, 2.75) is 25.9 Å². The maximum absolute atomic E-state index is 12.3. The number of ether oxygens (including phenoxy) is 1. The van der Waals surface area contributed by atoms with Gasteiger partial charge >= 0.3 is 0 Å². The molecule has 1 amide bonds. The van der Waals surface area contributed by atoms with E-state index in [0.717, 1.165) is 41.5 Å². The Bertz CT molecular complexity index is 428. The lowest BCUT2D eigenvalue weighted by molar-refractivity contribution is 0.0724. The molecule has 0 saturated carbocycles. The second-order valence-corrected chi connectivity index (χ2v) is 5.45. The standard InChI is InChI=1S/C14H18BrNO2/c1-18-10-12-9-11(5-6-13(12)15)14(17)16-7-3-2-4-8-16/h5-6,9H,2-4,7-8,10H2,1H3. The van der Waals surface area contributed by atoms with Crippen LogP contribution >= 0.6 is 15.9 Å². The van der Waals surface area contributed by atoms with Crippen LogP contribution in [0.15, 0.2) is 22.7 Å². The second kappa shape index (κ2) is 6.34. The largest absolute Gasteiger partial charge is 0.380 e. The molecule has 3 nitrogen and oxygen atoms in total. The maximum atomic E-state index is 12.3. The average molecular weight is 312 g/mol. The summed E-state index contributed by atoms with van der Waals surface area (Å²) >= 11 is 3.47. The molecule has 0 radical (unpaired) electrons. The van der Waals surface area contributed by atoms with Gasteiger partial charge < -0.3 is 9.64 Å². The number of rotatable bonds is 3. The highest BCUT2D eigenvalue weighted by atomic mass is 79.9.